The molecule has 0 N–H and O–H groups in total. The van der Waals surface area contributed by atoms with Gasteiger partial charge in [-0.15, -0.1) is 0 Å². The first-order chi connectivity index (χ1) is 41.0. The van der Waals surface area contributed by atoms with Crippen molar-refractivity contribution < 1.29 is 28.6 Å². The van der Waals surface area contributed by atoms with Crippen LogP contribution in [0.5, 0.6) is 0 Å². The molecule has 0 amide bonds. The number of hydrogen-bond donors (Lipinski definition) is 0. The molecule has 0 aromatic heterocycles. The van der Waals surface area contributed by atoms with Crippen LogP contribution >= 0.6 is 0 Å². The van der Waals surface area contributed by atoms with Crippen molar-refractivity contribution in [1.82, 2.24) is 0 Å². The minimum atomic E-state index is -0.848. The fourth-order valence-corrected chi connectivity index (χ4v) is 8.05. The number of hydrogen-bond acceptors (Lipinski definition) is 6. The van der Waals surface area contributed by atoms with Crippen LogP contribution in [-0.2, 0) is 28.6 Å². The predicted molar refractivity (Wildman–Crippen MR) is 361 cm³/mol. The minimum absolute atomic E-state index is 0.109. The Labute approximate surface area is 509 Å². The first-order valence-corrected chi connectivity index (χ1v) is 32.6. The van der Waals surface area contributed by atoms with Gasteiger partial charge in [0.2, 0.25) is 0 Å². The molecule has 0 saturated heterocycles. The second kappa shape index (κ2) is 68.5. The Hall–Kier alpha value is -6.01. The van der Waals surface area contributed by atoms with Crippen molar-refractivity contribution >= 4 is 17.9 Å². The number of esters is 3. The highest BCUT2D eigenvalue weighted by Gasteiger charge is 2.19. The number of unbranched alkanes of at least 4 members (excludes halogenated alkanes) is 12. The highest BCUT2D eigenvalue weighted by atomic mass is 16.6. The Morgan fingerprint density at radius 1 is 0.253 bits per heavy atom. The van der Waals surface area contributed by atoms with Gasteiger partial charge >= 0.3 is 17.9 Å². The monoisotopic (exact) mass is 1140 g/mol. The molecule has 0 aliphatic heterocycles. The van der Waals surface area contributed by atoms with Gasteiger partial charge in [-0.05, 0) is 148 Å². The Morgan fingerprint density at radius 2 is 0.482 bits per heavy atom. The van der Waals surface area contributed by atoms with Crippen molar-refractivity contribution in [2.24, 2.45) is 0 Å². The van der Waals surface area contributed by atoms with Crippen LogP contribution in [0.3, 0.4) is 0 Å². The van der Waals surface area contributed by atoms with E-state index in [9.17, 15) is 14.4 Å². The molecule has 0 radical (unpaired) electrons. The van der Waals surface area contributed by atoms with Gasteiger partial charge in [-0.1, -0.05) is 279 Å². The van der Waals surface area contributed by atoms with Gasteiger partial charge in [0.25, 0.3) is 0 Å². The van der Waals surface area contributed by atoms with Crippen LogP contribution in [0.4, 0.5) is 0 Å². The molecule has 6 heteroatoms. The molecule has 0 aliphatic carbocycles. The summed E-state index contributed by atoms with van der Waals surface area (Å²) in [6, 6.07) is 0. The molecule has 0 aromatic rings. The number of allylic oxidation sites excluding steroid dienone is 33. The van der Waals surface area contributed by atoms with Gasteiger partial charge in [-0.3, -0.25) is 14.4 Å². The molecule has 0 aliphatic rings. The number of rotatable bonds is 56. The molecule has 1 atom stereocenters. The van der Waals surface area contributed by atoms with Gasteiger partial charge in [-0.2, -0.15) is 0 Å². The normalized spacial score (nSPS) is 13.5. The third-order valence-electron chi connectivity index (χ3n) is 12.8. The SMILES string of the molecule is CC/C=C\C/C=C\C/C=C\C/C=C\C/C=C\C/C=C\C/C=C\C/C=C\CCCCCCCCCCC(=O)OCC(COC(=O)C/C=C\C/C=C\C/C=C\C/C=C\C/C=C\CC)OC(=O)CCCCCC/C=C\C/C=C\C/C=C\C/C=C\CC. The van der Waals surface area contributed by atoms with E-state index < -0.39 is 12.1 Å². The highest BCUT2D eigenvalue weighted by Crippen LogP contribution is 2.13. The second-order valence-electron chi connectivity index (χ2n) is 20.5. The molecule has 0 bridgehead atoms. The largest absolute Gasteiger partial charge is 0.462 e. The number of carbonyl (C=O) groups is 3. The molecule has 83 heavy (non-hydrogen) atoms. The van der Waals surface area contributed by atoms with Crippen LogP contribution in [0.2, 0.25) is 0 Å². The van der Waals surface area contributed by atoms with Crippen molar-refractivity contribution in [1.29, 1.82) is 0 Å². The minimum Gasteiger partial charge on any atom is -0.462 e. The van der Waals surface area contributed by atoms with Crippen LogP contribution in [0.15, 0.2) is 207 Å². The summed E-state index contributed by atoms with van der Waals surface area (Å²) in [6.45, 7) is 6.16. The van der Waals surface area contributed by atoms with E-state index in [1.54, 1.807) is 6.08 Å². The average molecular weight is 1140 g/mol. The molecule has 0 spiro atoms. The van der Waals surface area contributed by atoms with E-state index in [1.165, 1.54) is 32.1 Å². The lowest BCUT2D eigenvalue weighted by Gasteiger charge is -2.18. The van der Waals surface area contributed by atoms with E-state index >= 15 is 0 Å². The summed E-state index contributed by atoms with van der Waals surface area (Å²) in [5.41, 5.74) is 0. The molecule has 0 aromatic carbocycles. The van der Waals surface area contributed by atoms with Crippen LogP contribution in [0, 0.1) is 0 Å². The summed E-state index contributed by atoms with van der Waals surface area (Å²) >= 11 is 0. The first-order valence-electron chi connectivity index (χ1n) is 32.6. The summed E-state index contributed by atoms with van der Waals surface area (Å²) in [4.78, 5) is 38.3. The smallest absolute Gasteiger partial charge is 0.309 e. The van der Waals surface area contributed by atoms with Crippen LogP contribution in [0.1, 0.15) is 239 Å². The van der Waals surface area contributed by atoms with Gasteiger partial charge in [-0.25, -0.2) is 0 Å². The highest BCUT2D eigenvalue weighted by molar-refractivity contribution is 5.72. The van der Waals surface area contributed by atoms with Gasteiger partial charge in [0.1, 0.15) is 13.2 Å². The summed E-state index contributed by atoms with van der Waals surface area (Å²) in [6.07, 6.45) is 106. The standard InChI is InChI=1S/C77H116O6/c1-4-7-10-13-16-19-22-25-28-30-31-32-33-34-35-36-37-38-39-40-41-42-43-44-45-47-49-52-55-58-61-64-67-70-76(79)82-73-74(72-81-75(78)69-66-63-60-57-54-51-48-27-24-21-18-15-12-9-6-3)83-77(80)71-68-65-62-59-56-53-50-46-29-26-23-20-17-14-11-8-5-2/h7-12,16-21,25-29,31-32,34-35,37-38,40-41,43-44,48,50,53-54,57,63,66,74H,4-6,13-15,22-24,30,33,36,39,42,45-47,49,51-52,55-56,58-62,64-65,67-73H2,1-3H3/b10-7-,11-8-,12-9-,19-16-,20-17-,21-18-,28-25-,29-26-,32-31-,35-34-,38-37-,41-40-,44-43-,48-27-,53-50-,57-54-,66-63-. The molecule has 1 unspecified atom stereocenters. The third-order valence-corrected chi connectivity index (χ3v) is 12.8. The van der Waals surface area contributed by atoms with E-state index in [1.807, 2.05) is 6.08 Å². The van der Waals surface area contributed by atoms with E-state index in [0.29, 0.717) is 12.8 Å². The maximum Gasteiger partial charge on any atom is 0.309 e. The zero-order chi connectivity index (χ0) is 59.9. The summed E-state index contributed by atoms with van der Waals surface area (Å²) < 4.78 is 16.8. The molecule has 460 valence electrons. The van der Waals surface area contributed by atoms with Crippen molar-refractivity contribution in [2.45, 2.75) is 245 Å². The fraction of sp³-hybridized carbons (Fsp3) is 0.519. The third kappa shape index (κ3) is 66.7. The molecule has 0 heterocycles. The average Bonchev–Trinajstić information content (AvgIpc) is 3.49. The van der Waals surface area contributed by atoms with E-state index in [4.69, 9.17) is 14.2 Å². The summed E-state index contributed by atoms with van der Waals surface area (Å²) in [5, 5.41) is 0. The van der Waals surface area contributed by atoms with Gasteiger partial charge in [0.15, 0.2) is 6.10 Å². The molecular weight excluding hydrogens is 1020 g/mol. The van der Waals surface area contributed by atoms with Crippen LogP contribution < -0.4 is 0 Å². The molecule has 0 rings (SSSR count). The molecule has 0 saturated carbocycles. The van der Waals surface area contributed by atoms with Crippen molar-refractivity contribution in [3.8, 4) is 0 Å². The summed E-state index contributed by atoms with van der Waals surface area (Å²) in [5.74, 6) is -1.11. The topological polar surface area (TPSA) is 78.9 Å². The number of ether oxygens (including phenoxy) is 3. The van der Waals surface area contributed by atoms with Crippen molar-refractivity contribution in [2.75, 3.05) is 13.2 Å². The second-order valence-corrected chi connectivity index (χ2v) is 20.5. The Kier molecular flexibility index (Phi) is 63.5. The quantitative estimate of drug-likeness (QED) is 0.0261. The van der Waals surface area contributed by atoms with Gasteiger partial charge in [0.05, 0.1) is 6.42 Å². The lowest BCUT2D eigenvalue weighted by Crippen LogP contribution is -2.30. The Balaban J connectivity index is 4.44. The lowest BCUT2D eigenvalue weighted by molar-refractivity contribution is -0.166. The Bertz CT molecular complexity index is 2030. The number of carbonyl (C=O) groups excluding carboxylic acids is 3. The first kappa shape index (κ1) is 77.0. The zero-order valence-corrected chi connectivity index (χ0v) is 52.6. The fourth-order valence-electron chi connectivity index (χ4n) is 8.05. The van der Waals surface area contributed by atoms with Gasteiger partial charge < -0.3 is 14.2 Å². The Morgan fingerprint density at radius 3 is 0.783 bits per heavy atom. The summed E-state index contributed by atoms with van der Waals surface area (Å²) in [7, 11) is 0. The van der Waals surface area contributed by atoms with Crippen molar-refractivity contribution in [3.63, 3.8) is 0 Å². The maximum atomic E-state index is 12.9. The van der Waals surface area contributed by atoms with Crippen LogP contribution in [0.25, 0.3) is 0 Å². The van der Waals surface area contributed by atoms with Crippen LogP contribution in [-0.4, -0.2) is 37.2 Å². The molecule has 6 nitrogen and oxygen atoms in total. The van der Waals surface area contributed by atoms with Gasteiger partial charge in [0, 0.05) is 12.8 Å². The van der Waals surface area contributed by atoms with E-state index in [0.717, 1.165) is 161 Å². The zero-order valence-electron chi connectivity index (χ0n) is 52.6. The van der Waals surface area contributed by atoms with Crippen molar-refractivity contribution in [3.05, 3.63) is 207 Å². The maximum absolute atomic E-state index is 12.9. The lowest BCUT2D eigenvalue weighted by atomic mass is 10.1. The van der Waals surface area contributed by atoms with E-state index in [2.05, 4.69) is 215 Å². The molecular formula is C77H116O6. The van der Waals surface area contributed by atoms with E-state index in [-0.39, 0.29) is 38.0 Å². The predicted octanol–water partition coefficient (Wildman–Crippen LogP) is 22.8. The molecule has 0 fully saturated rings.